The fraction of sp³-hybridized carbons (Fsp3) is 0.562. The highest BCUT2D eigenvalue weighted by molar-refractivity contribution is 5.79. The lowest BCUT2D eigenvalue weighted by Gasteiger charge is -2.24. The van der Waals surface area contributed by atoms with Crippen molar-refractivity contribution in [3.63, 3.8) is 0 Å². The highest BCUT2D eigenvalue weighted by Crippen LogP contribution is 2.14. The van der Waals surface area contributed by atoms with Crippen LogP contribution in [0, 0.1) is 17.6 Å². The molecule has 6 heteroatoms. The monoisotopic (exact) mass is 311 g/mol. The van der Waals surface area contributed by atoms with Crippen LogP contribution in [0.15, 0.2) is 23.2 Å². The number of hydrogen-bond acceptors (Lipinski definition) is 2. The van der Waals surface area contributed by atoms with Gasteiger partial charge in [-0.05, 0) is 25.0 Å². The largest absolute Gasteiger partial charge is 0.381 e. The van der Waals surface area contributed by atoms with Crippen LogP contribution in [0.5, 0.6) is 0 Å². The van der Waals surface area contributed by atoms with E-state index in [9.17, 15) is 8.78 Å². The lowest BCUT2D eigenvalue weighted by Crippen LogP contribution is -2.42. The van der Waals surface area contributed by atoms with E-state index in [1.165, 1.54) is 18.2 Å². The summed E-state index contributed by atoms with van der Waals surface area (Å²) >= 11 is 0. The van der Waals surface area contributed by atoms with Crippen LogP contribution in [0.4, 0.5) is 8.78 Å². The maximum atomic E-state index is 13.6. The van der Waals surface area contributed by atoms with Gasteiger partial charge >= 0.3 is 0 Å². The van der Waals surface area contributed by atoms with Gasteiger partial charge in [0, 0.05) is 45.3 Å². The van der Waals surface area contributed by atoms with E-state index in [0.29, 0.717) is 12.5 Å². The Bertz CT molecular complexity index is 496. The van der Waals surface area contributed by atoms with E-state index >= 15 is 0 Å². The highest BCUT2D eigenvalue weighted by atomic mass is 19.1. The number of benzene rings is 1. The van der Waals surface area contributed by atoms with E-state index in [4.69, 9.17) is 4.74 Å². The van der Waals surface area contributed by atoms with Crippen LogP contribution in [-0.2, 0) is 11.2 Å². The molecule has 1 N–H and O–H groups in total. The SMILES string of the molecule is CN=C(NCCc1c(F)cccc1F)N(C)CC1CCOC1. The van der Waals surface area contributed by atoms with Gasteiger partial charge in [-0.2, -0.15) is 0 Å². The van der Waals surface area contributed by atoms with Crippen molar-refractivity contribution >= 4 is 5.96 Å². The van der Waals surface area contributed by atoms with Crippen LogP contribution in [0.25, 0.3) is 0 Å². The van der Waals surface area contributed by atoms with Gasteiger partial charge in [0.1, 0.15) is 11.6 Å². The second kappa shape index (κ2) is 8.08. The van der Waals surface area contributed by atoms with Gasteiger partial charge in [-0.3, -0.25) is 4.99 Å². The maximum Gasteiger partial charge on any atom is 0.193 e. The molecule has 1 aliphatic heterocycles. The van der Waals surface area contributed by atoms with Gasteiger partial charge < -0.3 is 15.0 Å². The summed E-state index contributed by atoms with van der Waals surface area (Å²) in [5.41, 5.74) is 0.109. The summed E-state index contributed by atoms with van der Waals surface area (Å²) < 4.78 is 32.5. The molecular weight excluding hydrogens is 288 g/mol. The molecule has 0 spiro atoms. The van der Waals surface area contributed by atoms with Crippen molar-refractivity contribution in [1.29, 1.82) is 0 Å². The summed E-state index contributed by atoms with van der Waals surface area (Å²) in [5, 5.41) is 3.15. The average Bonchev–Trinajstić information content (AvgIpc) is 2.99. The maximum absolute atomic E-state index is 13.6. The first kappa shape index (κ1) is 16.7. The number of halogens is 2. The third-order valence-corrected chi connectivity index (χ3v) is 3.85. The number of hydrogen-bond donors (Lipinski definition) is 1. The number of ether oxygens (including phenoxy) is 1. The summed E-state index contributed by atoms with van der Waals surface area (Å²) in [4.78, 5) is 6.23. The van der Waals surface area contributed by atoms with Crippen LogP contribution >= 0.6 is 0 Å². The van der Waals surface area contributed by atoms with Crippen molar-refractivity contribution in [2.75, 3.05) is 40.4 Å². The van der Waals surface area contributed by atoms with Gasteiger partial charge in [0.25, 0.3) is 0 Å². The molecule has 4 nitrogen and oxygen atoms in total. The third kappa shape index (κ3) is 4.40. The van der Waals surface area contributed by atoms with Crippen molar-refractivity contribution in [1.82, 2.24) is 10.2 Å². The van der Waals surface area contributed by atoms with Crippen molar-refractivity contribution in [3.05, 3.63) is 35.4 Å². The van der Waals surface area contributed by atoms with E-state index in [1.807, 2.05) is 11.9 Å². The van der Waals surface area contributed by atoms with E-state index < -0.39 is 11.6 Å². The first-order valence-corrected chi connectivity index (χ1v) is 7.54. The molecule has 0 aliphatic carbocycles. The zero-order chi connectivity index (χ0) is 15.9. The molecule has 1 aliphatic rings. The zero-order valence-electron chi connectivity index (χ0n) is 13.1. The molecule has 0 aromatic heterocycles. The number of nitrogens with zero attached hydrogens (tertiary/aromatic N) is 2. The number of nitrogens with one attached hydrogen (secondary N) is 1. The first-order valence-electron chi connectivity index (χ1n) is 7.54. The molecule has 1 atom stereocenters. The third-order valence-electron chi connectivity index (χ3n) is 3.85. The smallest absolute Gasteiger partial charge is 0.193 e. The Morgan fingerprint density at radius 2 is 2.14 bits per heavy atom. The van der Waals surface area contributed by atoms with E-state index in [2.05, 4.69) is 10.3 Å². The van der Waals surface area contributed by atoms with Crippen molar-refractivity contribution < 1.29 is 13.5 Å². The summed E-state index contributed by atoms with van der Waals surface area (Å²) in [6, 6.07) is 3.93. The molecule has 1 heterocycles. The minimum Gasteiger partial charge on any atom is -0.381 e. The van der Waals surface area contributed by atoms with E-state index in [0.717, 1.165) is 32.1 Å². The van der Waals surface area contributed by atoms with E-state index in [-0.39, 0.29) is 12.0 Å². The zero-order valence-corrected chi connectivity index (χ0v) is 13.1. The Hall–Kier alpha value is -1.69. The molecule has 0 bridgehead atoms. The van der Waals surface area contributed by atoms with Gasteiger partial charge in [-0.25, -0.2) is 8.78 Å². The normalized spacial score (nSPS) is 18.5. The molecule has 1 unspecified atom stereocenters. The quantitative estimate of drug-likeness (QED) is 0.668. The summed E-state index contributed by atoms with van der Waals surface area (Å²) in [7, 11) is 3.66. The van der Waals surface area contributed by atoms with Crippen LogP contribution < -0.4 is 5.32 Å². The predicted molar refractivity (Wildman–Crippen MR) is 83.0 cm³/mol. The van der Waals surface area contributed by atoms with Crippen molar-refractivity contribution in [2.45, 2.75) is 12.8 Å². The van der Waals surface area contributed by atoms with Crippen molar-refractivity contribution in [2.24, 2.45) is 10.9 Å². The second-order valence-electron chi connectivity index (χ2n) is 5.53. The van der Waals surface area contributed by atoms with Crippen LogP contribution in [0.2, 0.25) is 0 Å². The molecule has 1 fully saturated rings. The highest BCUT2D eigenvalue weighted by Gasteiger charge is 2.19. The van der Waals surface area contributed by atoms with Gasteiger partial charge in [0.15, 0.2) is 5.96 Å². The fourth-order valence-electron chi connectivity index (χ4n) is 2.66. The lowest BCUT2D eigenvalue weighted by molar-refractivity contribution is 0.181. The van der Waals surface area contributed by atoms with Crippen LogP contribution in [-0.4, -0.2) is 51.3 Å². The summed E-state index contributed by atoms with van der Waals surface area (Å²) in [5.74, 6) is 0.220. The van der Waals surface area contributed by atoms with Crippen LogP contribution in [0.1, 0.15) is 12.0 Å². The minimum atomic E-state index is -0.506. The molecule has 1 saturated heterocycles. The Balaban J connectivity index is 1.83. The number of guanidine groups is 1. The molecule has 0 radical (unpaired) electrons. The Morgan fingerprint density at radius 3 is 2.73 bits per heavy atom. The molecular formula is C16H23F2N3O. The molecule has 122 valence electrons. The Kier molecular flexibility index (Phi) is 6.12. The van der Waals surface area contributed by atoms with Gasteiger partial charge in [0.2, 0.25) is 0 Å². The van der Waals surface area contributed by atoms with E-state index in [1.54, 1.807) is 7.05 Å². The Labute approximate surface area is 130 Å². The minimum absolute atomic E-state index is 0.109. The predicted octanol–water partition coefficient (Wildman–Crippen LogP) is 2.05. The van der Waals surface area contributed by atoms with Gasteiger partial charge in [0.05, 0.1) is 6.61 Å². The van der Waals surface area contributed by atoms with Gasteiger partial charge in [-0.15, -0.1) is 0 Å². The first-order chi connectivity index (χ1) is 10.6. The molecule has 22 heavy (non-hydrogen) atoms. The van der Waals surface area contributed by atoms with Gasteiger partial charge in [-0.1, -0.05) is 6.07 Å². The molecule has 0 saturated carbocycles. The second-order valence-corrected chi connectivity index (χ2v) is 5.53. The number of rotatable bonds is 5. The molecule has 1 aromatic carbocycles. The Morgan fingerprint density at radius 1 is 1.41 bits per heavy atom. The summed E-state index contributed by atoms with van der Waals surface area (Å²) in [6.45, 7) is 2.88. The summed E-state index contributed by atoms with van der Waals surface area (Å²) in [6.07, 6.45) is 1.33. The standard InChI is InChI=1S/C16H23F2N3O/c1-19-16(21(2)10-12-7-9-22-11-12)20-8-6-13-14(17)4-3-5-15(13)18/h3-5,12H,6-11H2,1-2H3,(H,19,20). The average molecular weight is 311 g/mol. The lowest BCUT2D eigenvalue weighted by atomic mass is 10.1. The fourth-order valence-corrected chi connectivity index (χ4v) is 2.66. The molecule has 1 aromatic rings. The van der Waals surface area contributed by atoms with Crippen LogP contribution in [0.3, 0.4) is 0 Å². The molecule has 0 amide bonds. The topological polar surface area (TPSA) is 36.9 Å². The molecule has 2 rings (SSSR count). The van der Waals surface area contributed by atoms with Crippen molar-refractivity contribution in [3.8, 4) is 0 Å². The number of aliphatic imine (C=N–C) groups is 1.